The number of amides is 1. The summed E-state index contributed by atoms with van der Waals surface area (Å²) >= 11 is 0. The van der Waals surface area contributed by atoms with Gasteiger partial charge in [-0.1, -0.05) is 18.2 Å². The summed E-state index contributed by atoms with van der Waals surface area (Å²) in [5.41, 5.74) is 2.05. The van der Waals surface area contributed by atoms with Crippen LogP contribution in [0.3, 0.4) is 0 Å². The summed E-state index contributed by atoms with van der Waals surface area (Å²) in [6.45, 7) is 0.732. The lowest BCUT2D eigenvalue weighted by molar-refractivity contribution is -0.123. The van der Waals surface area contributed by atoms with Gasteiger partial charge in [-0.15, -0.1) is 0 Å². The minimum absolute atomic E-state index is 0.0881. The first-order valence-electron chi connectivity index (χ1n) is 9.68. The van der Waals surface area contributed by atoms with Crippen molar-refractivity contribution in [3.63, 3.8) is 0 Å². The van der Waals surface area contributed by atoms with Crippen LogP contribution in [0.1, 0.15) is 17.5 Å². The Bertz CT molecular complexity index is 1030. The highest BCUT2D eigenvalue weighted by Crippen LogP contribution is 2.32. The molecule has 8 nitrogen and oxygen atoms in total. The smallest absolute Gasteiger partial charge is 0.254 e. The first kappa shape index (κ1) is 19.8. The van der Waals surface area contributed by atoms with Crippen molar-refractivity contribution < 1.29 is 19.4 Å². The second-order valence-electron chi connectivity index (χ2n) is 6.88. The highest BCUT2D eigenvalue weighted by Gasteiger charge is 2.28. The third-order valence-corrected chi connectivity index (χ3v) is 4.88. The van der Waals surface area contributed by atoms with Crippen LogP contribution in [0.15, 0.2) is 48.7 Å². The number of anilines is 1. The van der Waals surface area contributed by atoms with Gasteiger partial charge in [-0.05, 0) is 42.7 Å². The number of pyridine rings is 1. The number of benzene rings is 1. The molecule has 0 saturated carbocycles. The monoisotopic (exact) mass is 406 g/mol. The average molecular weight is 406 g/mol. The molecule has 154 valence electrons. The summed E-state index contributed by atoms with van der Waals surface area (Å²) in [5, 5.41) is 10.4. The highest BCUT2D eigenvalue weighted by atomic mass is 16.5. The first-order chi connectivity index (χ1) is 14.7. The molecule has 8 heteroatoms. The van der Waals surface area contributed by atoms with Gasteiger partial charge in [0.2, 0.25) is 5.88 Å². The van der Waals surface area contributed by atoms with Gasteiger partial charge in [0.25, 0.3) is 5.91 Å². The molecule has 0 unspecified atom stereocenters. The van der Waals surface area contributed by atoms with E-state index in [1.807, 2.05) is 30.3 Å². The molecule has 4 rings (SSSR count). The van der Waals surface area contributed by atoms with E-state index in [0.717, 1.165) is 17.7 Å². The Hall–Kier alpha value is -3.52. The van der Waals surface area contributed by atoms with Crippen molar-refractivity contribution in [1.29, 1.82) is 0 Å². The van der Waals surface area contributed by atoms with E-state index in [9.17, 15) is 9.90 Å². The molecule has 0 spiro atoms. The minimum atomic E-state index is -0.213. The fourth-order valence-electron chi connectivity index (χ4n) is 3.34. The first-order valence-corrected chi connectivity index (χ1v) is 9.68. The molecule has 1 aliphatic heterocycles. The number of methoxy groups -OCH3 is 1. The maximum Gasteiger partial charge on any atom is 0.254 e. The number of hydrogen-bond donors (Lipinski definition) is 1. The van der Waals surface area contributed by atoms with Gasteiger partial charge in [-0.25, -0.2) is 4.98 Å². The molecule has 2 aromatic heterocycles. The molecule has 0 fully saturated rings. The van der Waals surface area contributed by atoms with Crippen LogP contribution >= 0.6 is 0 Å². The molecule has 0 atom stereocenters. The Morgan fingerprint density at radius 3 is 2.73 bits per heavy atom. The molecule has 30 heavy (non-hydrogen) atoms. The molecular formula is C22H22N4O4. The van der Waals surface area contributed by atoms with E-state index in [1.165, 1.54) is 0 Å². The van der Waals surface area contributed by atoms with Crippen molar-refractivity contribution in [1.82, 2.24) is 15.0 Å². The van der Waals surface area contributed by atoms with E-state index in [4.69, 9.17) is 9.47 Å². The SMILES string of the molecule is COc1ccc(COCC(=O)N2CCCc3c(O)nc(-c4ccccn4)nc32)cc1. The zero-order chi connectivity index (χ0) is 20.9. The van der Waals surface area contributed by atoms with E-state index in [2.05, 4.69) is 15.0 Å². The van der Waals surface area contributed by atoms with Crippen LogP contribution in [0.25, 0.3) is 11.5 Å². The van der Waals surface area contributed by atoms with Gasteiger partial charge in [0.15, 0.2) is 5.82 Å². The lowest BCUT2D eigenvalue weighted by Crippen LogP contribution is -2.39. The van der Waals surface area contributed by atoms with Crippen molar-refractivity contribution in [3.8, 4) is 23.1 Å². The third-order valence-electron chi connectivity index (χ3n) is 4.88. The molecule has 1 amide bonds. The molecule has 0 saturated heterocycles. The van der Waals surface area contributed by atoms with Gasteiger partial charge < -0.3 is 14.6 Å². The van der Waals surface area contributed by atoms with Crippen molar-refractivity contribution >= 4 is 11.7 Å². The van der Waals surface area contributed by atoms with E-state index in [-0.39, 0.29) is 24.2 Å². The van der Waals surface area contributed by atoms with Crippen LogP contribution in [0.5, 0.6) is 11.6 Å². The number of aromatic nitrogens is 3. The molecule has 0 bridgehead atoms. The van der Waals surface area contributed by atoms with E-state index in [1.54, 1.807) is 30.3 Å². The number of fused-ring (bicyclic) bond motifs is 1. The summed E-state index contributed by atoms with van der Waals surface area (Å²) in [4.78, 5) is 27.3. The molecule has 0 aliphatic carbocycles. The van der Waals surface area contributed by atoms with E-state index in [0.29, 0.717) is 36.6 Å². The minimum Gasteiger partial charge on any atom is -0.497 e. The second kappa shape index (κ2) is 8.87. The van der Waals surface area contributed by atoms with Gasteiger partial charge in [0, 0.05) is 12.7 Å². The highest BCUT2D eigenvalue weighted by molar-refractivity contribution is 5.95. The van der Waals surface area contributed by atoms with Crippen LogP contribution in [-0.4, -0.2) is 46.2 Å². The number of nitrogens with zero attached hydrogens (tertiary/aromatic N) is 4. The summed E-state index contributed by atoms with van der Waals surface area (Å²) in [7, 11) is 1.61. The Kier molecular flexibility index (Phi) is 5.85. The van der Waals surface area contributed by atoms with Crippen LogP contribution in [0, 0.1) is 0 Å². The predicted molar refractivity (Wildman–Crippen MR) is 110 cm³/mol. The number of ether oxygens (including phenoxy) is 2. The largest absolute Gasteiger partial charge is 0.497 e. The number of rotatable bonds is 6. The number of aromatic hydroxyl groups is 1. The standard InChI is InChI=1S/C22H22N4O4/c1-29-16-9-7-15(8-10-16)13-30-14-19(27)26-12-4-5-17-21(26)24-20(25-22(17)28)18-6-2-3-11-23-18/h2-3,6-11H,4-5,12-14H2,1H3,(H,24,25,28). The van der Waals surface area contributed by atoms with Crippen molar-refractivity contribution in [2.75, 3.05) is 25.2 Å². The quantitative estimate of drug-likeness (QED) is 0.672. The molecule has 1 aromatic carbocycles. The van der Waals surface area contributed by atoms with Crippen LogP contribution in [-0.2, 0) is 22.6 Å². The van der Waals surface area contributed by atoms with Crippen LogP contribution in [0.2, 0.25) is 0 Å². The fraction of sp³-hybridized carbons (Fsp3) is 0.273. The van der Waals surface area contributed by atoms with Crippen LogP contribution < -0.4 is 9.64 Å². The zero-order valence-corrected chi connectivity index (χ0v) is 16.6. The maximum absolute atomic E-state index is 12.8. The van der Waals surface area contributed by atoms with Crippen molar-refractivity contribution in [2.24, 2.45) is 0 Å². The third kappa shape index (κ3) is 4.23. The Labute approximate surface area is 174 Å². The average Bonchev–Trinajstić information content (AvgIpc) is 2.79. The summed E-state index contributed by atoms with van der Waals surface area (Å²) in [5.74, 6) is 1.15. The normalized spacial score (nSPS) is 13.0. The number of carbonyl (C=O) groups is 1. The maximum atomic E-state index is 12.8. The van der Waals surface area contributed by atoms with Crippen molar-refractivity contribution in [3.05, 3.63) is 59.8 Å². The molecule has 3 heterocycles. The number of carbonyl (C=O) groups excluding carboxylic acids is 1. The Morgan fingerprint density at radius 2 is 2.00 bits per heavy atom. The predicted octanol–water partition coefficient (Wildman–Crippen LogP) is 2.75. The molecule has 1 aliphatic rings. The summed E-state index contributed by atoms with van der Waals surface area (Å²) in [6.07, 6.45) is 2.96. The van der Waals surface area contributed by atoms with Gasteiger partial charge in [-0.2, -0.15) is 4.98 Å². The lowest BCUT2D eigenvalue weighted by Gasteiger charge is -2.28. The van der Waals surface area contributed by atoms with Gasteiger partial charge >= 0.3 is 0 Å². The molecule has 3 aromatic rings. The van der Waals surface area contributed by atoms with E-state index >= 15 is 0 Å². The van der Waals surface area contributed by atoms with Gasteiger partial charge in [0.05, 0.1) is 19.3 Å². The zero-order valence-electron chi connectivity index (χ0n) is 16.6. The molecule has 0 radical (unpaired) electrons. The topological polar surface area (TPSA) is 97.7 Å². The molecule has 1 N–H and O–H groups in total. The Morgan fingerprint density at radius 1 is 1.17 bits per heavy atom. The fourth-order valence-corrected chi connectivity index (χ4v) is 3.34. The van der Waals surface area contributed by atoms with Gasteiger partial charge in [0.1, 0.15) is 23.9 Å². The number of hydrogen-bond acceptors (Lipinski definition) is 7. The van der Waals surface area contributed by atoms with Crippen LogP contribution in [0.4, 0.5) is 5.82 Å². The lowest BCUT2D eigenvalue weighted by atomic mass is 10.1. The second-order valence-corrected chi connectivity index (χ2v) is 6.88. The van der Waals surface area contributed by atoms with Gasteiger partial charge in [-0.3, -0.25) is 14.7 Å². The van der Waals surface area contributed by atoms with Crippen molar-refractivity contribution in [2.45, 2.75) is 19.4 Å². The Balaban J connectivity index is 1.48. The summed E-state index contributed by atoms with van der Waals surface area (Å²) < 4.78 is 10.8. The molecular weight excluding hydrogens is 384 g/mol. The summed E-state index contributed by atoms with van der Waals surface area (Å²) in [6, 6.07) is 12.8. The van der Waals surface area contributed by atoms with E-state index < -0.39 is 0 Å².